The van der Waals surface area contributed by atoms with Crippen LogP contribution in [-0.4, -0.2) is 37.2 Å². The van der Waals surface area contributed by atoms with E-state index in [1.807, 2.05) is 24.3 Å². The molecule has 0 spiro atoms. The monoisotopic (exact) mass is 422 g/mol. The standard InChI is InChI=1S/C23H26N4O4/c1-29-19-10-18(11-20(24)28)21(23(31-3)22(19)30-2)27(14-16-6-4-8-25-12-16)15-17-7-5-9-26-13-17/h4-10,12-13H,11,14-15H2,1-3H3,(H2,24,28). The van der Waals surface area contributed by atoms with Crippen molar-refractivity contribution in [3.63, 3.8) is 0 Å². The van der Waals surface area contributed by atoms with Gasteiger partial charge in [0.2, 0.25) is 11.7 Å². The lowest BCUT2D eigenvalue weighted by atomic mass is 10.0. The minimum absolute atomic E-state index is 0.0165. The van der Waals surface area contributed by atoms with Crippen molar-refractivity contribution in [3.05, 3.63) is 71.8 Å². The zero-order valence-corrected chi connectivity index (χ0v) is 17.9. The molecule has 0 radical (unpaired) electrons. The molecule has 1 aromatic carbocycles. The molecule has 3 rings (SSSR count). The SMILES string of the molecule is COc1cc(CC(N)=O)c(N(Cc2cccnc2)Cc2cccnc2)c(OC)c1OC. The summed E-state index contributed by atoms with van der Waals surface area (Å²) in [6, 6.07) is 9.51. The van der Waals surface area contributed by atoms with Gasteiger partial charge in [-0.2, -0.15) is 0 Å². The molecule has 0 aliphatic heterocycles. The third kappa shape index (κ3) is 5.22. The quantitative estimate of drug-likeness (QED) is 0.536. The van der Waals surface area contributed by atoms with E-state index in [0.717, 1.165) is 11.1 Å². The van der Waals surface area contributed by atoms with Crippen LogP contribution in [0.5, 0.6) is 17.2 Å². The van der Waals surface area contributed by atoms with Gasteiger partial charge < -0.3 is 24.8 Å². The first-order chi connectivity index (χ1) is 15.1. The number of nitrogens with zero attached hydrogens (tertiary/aromatic N) is 3. The molecule has 162 valence electrons. The van der Waals surface area contributed by atoms with E-state index in [2.05, 4.69) is 14.9 Å². The summed E-state index contributed by atoms with van der Waals surface area (Å²) >= 11 is 0. The molecule has 0 fully saturated rings. The molecule has 8 nitrogen and oxygen atoms in total. The Bertz CT molecular complexity index is 972. The highest BCUT2D eigenvalue weighted by Crippen LogP contribution is 2.47. The van der Waals surface area contributed by atoms with Gasteiger partial charge in [0.15, 0.2) is 11.5 Å². The Morgan fingerprint density at radius 1 is 0.935 bits per heavy atom. The van der Waals surface area contributed by atoms with Gasteiger partial charge in [-0.15, -0.1) is 0 Å². The Kier molecular flexibility index (Phi) is 7.26. The van der Waals surface area contributed by atoms with Crippen LogP contribution < -0.4 is 24.8 Å². The van der Waals surface area contributed by atoms with Crippen molar-refractivity contribution in [2.75, 3.05) is 26.2 Å². The van der Waals surface area contributed by atoms with Gasteiger partial charge in [-0.05, 0) is 34.9 Å². The van der Waals surface area contributed by atoms with Crippen LogP contribution in [0.25, 0.3) is 0 Å². The summed E-state index contributed by atoms with van der Waals surface area (Å²) < 4.78 is 16.8. The van der Waals surface area contributed by atoms with E-state index in [-0.39, 0.29) is 6.42 Å². The second-order valence-electron chi connectivity index (χ2n) is 6.87. The van der Waals surface area contributed by atoms with Crippen molar-refractivity contribution in [1.29, 1.82) is 0 Å². The number of aromatic nitrogens is 2. The average molecular weight is 422 g/mol. The fourth-order valence-corrected chi connectivity index (χ4v) is 3.50. The van der Waals surface area contributed by atoms with Gasteiger partial charge in [0.1, 0.15) is 0 Å². The van der Waals surface area contributed by atoms with Crippen LogP contribution in [0.4, 0.5) is 5.69 Å². The molecule has 0 aliphatic rings. The fraction of sp³-hybridized carbons (Fsp3) is 0.261. The molecule has 0 saturated carbocycles. The number of methoxy groups -OCH3 is 3. The molecule has 0 atom stereocenters. The number of carbonyl (C=O) groups is 1. The van der Waals surface area contributed by atoms with Crippen LogP contribution in [-0.2, 0) is 24.3 Å². The van der Waals surface area contributed by atoms with Crippen LogP contribution in [0.2, 0.25) is 0 Å². The zero-order chi connectivity index (χ0) is 22.2. The largest absolute Gasteiger partial charge is 0.493 e. The molecule has 3 aromatic rings. The second-order valence-corrected chi connectivity index (χ2v) is 6.87. The Labute approximate surface area is 181 Å². The molecular weight excluding hydrogens is 396 g/mol. The number of primary amides is 1. The lowest BCUT2D eigenvalue weighted by molar-refractivity contribution is -0.117. The van der Waals surface area contributed by atoms with Crippen LogP contribution in [0.15, 0.2) is 55.1 Å². The predicted octanol–water partition coefficient (Wildman–Crippen LogP) is 2.74. The second kappa shape index (κ2) is 10.3. The maximum Gasteiger partial charge on any atom is 0.221 e. The first-order valence-electron chi connectivity index (χ1n) is 9.70. The first kappa shape index (κ1) is 21.9. The number of carbonyl (C=O) groups excluding carboxylic acids is 1. The molecule has 1 amide bonds. The molecule has 0 saturated heterocycles. The third-order valence-electron chi connectivity index (χ3n) is 4.76. The molecule has 2 aromatic heterocycles. The number of pyridine rings is 2. The Morgan fingerprint density at radius 2 is 1.52 bits per heavy atom. The van der Waals surface area contributed by atoms with E-state index in [1.54, 1.807) is 45.1 Å². The summed E-state index contributed by atoms with van der Waals surface area (Å²) in [5.41, 5.74) is 8.93. The Balaban J connectivity index is 2.20. The van der Waals surface area contributed by atoms with Crippen LogP contribution in [0, 0.1) is 0 Å². The van der Waals surface area contributed by atoms with Gasteiger partial charge in [-0.25, -0.2) is 0 Å². The summed E-state index contributed by atoms with van der Waals surface area (Å²) in [6.07, 6.45) is 7.08. The minimum Gasteiger partial charge on any atom is -0.493 e. The van der Waals surface area contributed by atoms with E-state index in [1.165, 1.54) is 7.11 Å². The number of anilines is 1. The molecule has 31 heavy (non-hydrogen) atoms. The highest BCUT2D eigenvalue weighted by atomic mass is 16.5. The highest BCUT2D eigenvalue weighted by Gasteiger charge is 2.26. The number of hydrogen-bond donors (Lipinski definition) is 1. The number of amides is 1. The van der Waals surface area contributed by atoms with Gasteiger partial charge in [-0.1, -0.05) is 12.1 Å². The predicted molar refractivity (Wildman–Crippen MR) is 117 cm³/mol. The van der Waals surface area contributed by atoms with Crippen molar-refractivity contribution in [2.24, 2.45) is 5.73 Å². The Hall–Kier alpha value is -3.81. The topological polar surface area (TPSA) is 99.8 Å². The maximum absolute atomic E-state index is 11.9. The summed E-state index contributed by atoms with van der Waals surface area (Å²) in [5, 5.41) is 0. The van der Waals surface area contributed by atoms with Crippen LogP contribution in [0.3, 0.4) is 0 Å². The molecule has 2 heterocycles. The van der Waals surface area contributed by atoms with Gasteiger partial charge in [0.05, 0.1) is 33.4 Å². The number of ether oxygens (including phenoxy) is 3. The molecule has 0 unspecified atom stereocenters. The molecule has 2 N–H and O–H groups in total. The van der Waals surface area contributed by atoms with E-state index >= 15 is 0 Å². The smallest absolute Gasteiger partial charge is 0.221 e. The highest BCUT2D eigenvalue weighted by molar-refractivity contribution is 5.83. The Morgan fingerprint density at radius 3 is 1.94 bits per heavy atom. The van der Waals surface area contributed by atoms with Crippen molar-refractivity contribution < 1.29 is 19.0 Å². The van der Waals surface area contributed by atoms with Crippen molar-refractivity contribution in [2.45, 2.75) is 19.5 Å². The first-order valence-corrected chi connectivity index (χ1v) is 9.70. The van der Waals surface area contributed by atoms with Crippen LogP contribution in [0.1, 0.15) is 16.7 Å². The number of hydrogen-bond acceptors (Lipinski definition) is 7. The molecule has 0 bridgehead atoms. The lowest BCUT2D eigenvalue weighted by Crippen LogP contribution is -2.26. The summed E-state index contributed by atoms with van der Waals surface area (Å²) in [6.45, 7) is 1.03. The normalized spacial score (nSPS) is 10.4. The number of rotatable bonds is 10. The van der Waals surface area contributed by atoms with Crippen molar-refractivity contribution in [3.8, 4) is 17.2 Å². The number of nitrogens with two attached hydrogens (primary N) is 1. The van der Waals surface area contributed by atoms with E-state index in [9.17, 15) is 4.79 Å². The van der Waals surface area contributed by atoms with Crippen molar-refractivity contribution >= 4 is 11.6 Å². The van der Waals surface area contributed by atoms with E-state index in [4.69, 9.17) is 19.9 Å². The summed E-state index contributed by atoms with van der Waals surface area (Å²) in [7, 11) is 4.64. The molecular formula is C23H26N4O4. The van der Waals surface area contributed by atoms with Gasteiger partial charge in [0, 0.05) is 37.9 Å². The van der Waals surface area contributed by atoms with Gasteiger partial charge in [0.25, 0.3) is 0 Å². The maximum atomic E-state index is 11.9. The number of benzene rings is 1. The summed E-state index contributed by atoms with van der Waals surface area (Å²) in [5.74, 6) is 0.904. The minimum atomic E-state index is -0.460. The third-order valence-corrected chi connectivity index (χ3v) is 4.76. The average Bonchev–Trinajstić information content (AvgIpc) is 2.78. The van der Waals surface area contributed by atoms with Crippen LogP contribution >= 0.6 is 0 Å². The molecule has 8 heteroatoms. The fourth-order valence-electron chi connectivity index (χ4n) is 3.50. The van der Waals surface area contributed by atoms with E-state index in [0.29, 0.717) is 41.6 Å². The van der Waals surface area contributed by atoms with Gasteiger partial charge >= 0.3 is 0 Å². The lowest BCUT2D eigenvalue weighted by Gasteiger charge is -2.30. The summed E-state index contributed by atoms with van der Waals surface area (Å²) in [4.78, 5) is 22.4. The van der Waals surface area contributed by atoms with E-state index < -0.39 is 5.91 Å². The molecule has 0 aliphatic carbocycles. The zero-order valence-electron chi connectivity index (χ0n) is 17.9. The van der Waals surface area contributed by atoms with Gasteiger partial charge in [-0.3, -0.25) is 14.8 Å². The van der Waals surface area contributed by atoms with Crippen molar-refractivity contribution in [1.82, 2.24) is 9.97 Å².